The molecule has 0 saturated heterocycles. The molecule has 0 radical (unpaired) electrons. The minimum absolute atomic E-state index is 0.199. The second-order valence-electron chi connectivity index (χ2n) is 6.76. The third-order valence-corrected chi connectivity index (χ3v) is 6.38. The van der Waals surface area contributed by atoms with Gasteiger partial charge in [-0.05, 0) is 94.8 Å². The number of hydrogen-bond acceptors (Lipinski definition) is 3. The Morgan fingerprint density at radius 1 is 1.17 bits per heavy atom. The van der Waals surface area contributed by atoms with Gasteiger partial charge in [-0.3, -0.25) is 4.79 Å². The summed E-state index contributed by atoms with van der Waals surface area (Å²) in [5.41, 5.74) is 7.33. The van der Waals surface area contributed by atoms with E-state index >= 15 is 0 Å². The number of carbonyl (C=O) groups excluding carboxylic acids is 1. The first-order chi connectivity index (χ1) is 14.3. The molecule has 4 rings (SSSR count). The number of rotatable bonds is 4. The summed E-state index contributed by atoms with van der Waals surface area (Å²) in [6.45, 7) is 4.08. The first kappa shape index (κ1) is 21.3. The second kappa shape index (κ2) is 8.68. The summed E-state index contributed by atoms with van der Waals surface area (Å²) in [5, 5.41) is 4.96. The zero-order valence-corrected chi connectivity index (χ0v) is 21.4. The number of aryl methyl sites for hydroxylation is 1. The van der Waals surface area contributed by atoms with Crippen molar-refractivity contribution in [3.05, 3.63) is 83.8 Å². The third kappa shape index (κ3) is 4.26. The van der Waals surface area contributed by atoms with E-state index in [1.165, 1.54) is 3.57 Å². The average molecular weight is 641 g/mol. The largest absolute Gasteiger partial charge is 0.450 e. The Hall–Kier alpha value is -1.91. The smallest absolute Gasteiger partial charge is 0.307 e. The molecule has 2 heterocycles. The number of halogens is 3. The molecule has 152 valence electrons. The highest BCUT2D eigenvalue weighted by atomic mass is 127. The summed E-state index contributed by atoms with van der Waals surface area (Å²) in [4.78, 5) is 12.5. The normalized spacial score (nSPS) is 11.5. The Kier molecular flexibility index (Phi) is 6.17. The van der Waals surface area contributed by atoms with Crippen LogP contribution in [-0.4, -0.2) is 16.7 Å². The van der Waals surface area contributed by atoms with Crippen molar-refractivity contribution in [2.24, 2.45) is 5.10 Å². The first-order valence-electron chi connectivity index (χ1n) is 9.00. The lowest BCUT2D eigenvalue weighted by Crippen LogP contribution is -2.16. The van der Waals surface area contributed by atoms with Crippen molar-refractivity contribution in [1.29, 1.82) is 0 Å². The Bertz CT molecular complexity index is 1310. The van der Waals surface area contributed by atoms with Crippen molar-refractivity contribution >= 4 is 77.5 Å². The van der Waals surface area contributed by atoms with Gasteiger partial charge in [-0.1, -0.05) is 22.0 Å². The van der Waals surface area contributed by atoms with E-state index in [0.717, 1.165) is 37.0 Å². The number of amides is 1. The maximum Gasteiger partial charge on any atom is 0.307 e. The van der Waals surface area contributed by atoms with Gasteiger partial charge in [0.25, 0.3) is 0 Å². The molecule has 0 aliphatic rings. The minimum Gasteiger partial charge on any atom is -0.450 e. The van der Waals surface area contributed by atoms with E-state index < -0.39 is 5.91 Å². The van der Waals surface area contributed by atoms with Crippen molar-refractivity contribution in [3.8, 4) is 5.69 Å². The fourth-order valence-corrected chi connectivity index (χ4v) is 5.20. The molecule has 4 aromatic rings. The Labute approximate surface area is 203 Å². The van der Waals surface area contributed by atoms with Gasteiger partial charge >= 0.3 is 5.91 Å². The fraction of sp³-hybridized carbons (Fsp3) is 0.0909. The van der Waals surface area contributed by atoms with Gasteiger partial charge in [0.05, 0.1) is 10.7 Å². The molecule has 0 aliphatic heterocycles. The van der Waals surface area contributed by atoms with Crippen molar-refractivity contribution in [2.75, 3.05) is 0 Å². The number of carbonyl (C=O) groups is 1. The van der Waals surface area contributed by atoms with Crippen molar-refractivity contribution in [2.45, 2.75) is 13.8 Å². The second-order valence-corrected chi connectivity index (χ2v) is 9.77. The number of hydrogen-bond donors (Lipinski definition) is 1. The fourth-order valence-electron chi connectivity index (χ4n) is 3.33. The molecule has 1 amide bonds. The molecular formula is C22H16Br2IN3O2. The van der Waals surface area contributed by atoms with Crippen LogP contribution in [0, 0.1) is 17.4 Å². The van der Waals surface area contributed by atoms with Gasteiger partial charge in [-0.15, -0.1) is 0 Å². The predicted molar refractivity (Wildman–Crippen MR) is 135 cm³/mol. The van der Waals surface area contributed by atoms with E-state index in [-0.39, 0.29) is 5.76 Å². The number of benzene rings is 2. The number of nitrogens with one attached hydrogen (secondary N) is 1. The highest BCUT2D eigenvalue weighted by molar-refractivity contribution is 14.1. The van der Waals surface area contributed by atoms with Gasteiger partial charge in [-0.2, -0.15) is 5.10 Å². The Balaban J connectivity index is 1.54. The predicted octanol–water partition coefficient (Wildman–Crippen LogP) is 6.73. The van der Waals surface area contributed by atoms with E-state index in [4.69, 9.17) is 4.42 Å². The lowest BCUT2D eigenvalue weighted by atomic mass is 10.2. The van der Waals surface area contributed by atoms with Crippen molar-refractivity contribution in [3.63, 3.8) is 0 Å². The molecule has 0 atom stereocenters. The van der Waals surface area contributed by atoms with Gasteiger partial charge in [0.1, 0.15) is 5.58 Å². The van der Waals surface area contributed by atoms with Gasteiger partial charge in [0.2, 0.25) is 0 Å². The molecule has 30 heavy (non-hydrogen) atoms. The minimum atomic E-state index is -0.406. The number of hydrazone groups is 1. The number of furan rings is 1. The lowest BCUT2D eigenvalue weighted by Gasteiger charge is -2.09. The molecule has 1 N–H and O–H groups in total. The van der Waals surface area contributed by atoms with Gasteiger partial charge in [0, 0.05) is 36.1 Å². The van der Waals surface area contributed by atoms with E-state index in [2.05, 4.69) is 87.7 Å². The molecule has 2 aromatic heterocycles. The molecule has 0 bridgehead atoms. The molecule has 0 unspecified atom stereocenters. The highest BCUT2D eigenvalue weighted by Crippen LogP contribution is 2.31. The summed E-state index contributed by atoms with van der Waals surface area (Å²) in [7, 11) is 0. The Morgan fingerprint density at radius 2 is 1.97 bits per heavy atom. The van der Waals surface area contributed by atoms with Gasteiger partial charge in [0.15, 0.2) is 5.76 Å². The average Bonchev–Trinajstić information content (AvgIpc) is 3.23. The van der Waals surface area contributed by atoms with Crippen molar-refractivity contribution in [1.82, 2.24) is 9.99 Å². The van der Waals surface area contributed by atoms with Crippen LogP contribution in [0.15, 0.2) is 67.0 Å². The Morgan fingerprint density at radius 3 is 2.73 bits per heavy atom. The maximum atomic E-state index is 12.5. The van der Waals surface area contributed by atoms with E-state index in [1.807, 2.05) is 38.1 Å². The number of aromatic nitrogens is 1. The van der Waals surface area contributed by atoms with Crippen LogP contribution in [0.4, 0.5) is 0 Å². The van der Waals surface area contributed by atoms with E-state index in [9.17, 15) is 4.79 Å². The SMILES string of the molecule is Cc1cc(/C=N\NC(=O)c2cc3cc(Br)cc(Br)c3o2)c(C)n1-c1cccc(I)c1. The summed E-state index contributed by atoms with van der Waals surface area (Å²) in [6.07, 6.45) is 1.65. The van der Waals surface area contributed by atoms with Crippen LogP contribution in [0.25, 0.3) is 16.7 Å². The maximum absolute atomic E-state index is 12.5. The molecule has 8 heteroatoms. The van der Waals surface area contributed by atoms with E-state index in [1.54, 1.807) is 12.3 Å². The lowest BCUT2D eigenvalue weighted by molar-refractivity contribution is 0.0929. The molecule has 0 fully saturated rings. The summed E-state index contributed by atoms with van der Waals surface area (Å²) >= 11 is 9.19. The molecular weight excluding hydrogens is 625 g/mol. The molecule has 0 saturated carbocycles. The van der Waals surface area contributed by atoms with Crippen LogP contribution >= 0.6 is 54.5 Å². The molecule has 2 aromatic carbocycles. The quantitative estimate of drug-likeness (QED) is 0.153. The standard InChI is InChI=1S/C22H16Br2IN3O2/c1-12-6-15(13(2)28(12)18-5-3-4-17(25)10-18)11-26-27-22(29)20-8-14-7-16(23)9-19(24)21(14)30-20/h3-11H,1-2H3,(H,27,29)/b26-11-. The van der Waals surface area contributed by atoms with Crippen molar-refractivity contribution < 1.29 is 9.21 Å². The van der Waals surface area contributed by atoms with Crippen LogP contribution in [0.2, 0.25) is 0 Å². The molecule has 0 spiro atoms. The highest BCUT2D eigenvalue weighted by Gasteiger charge is 2.14. The first-order valence-corrected chi connectivity index (χ1v) is 11.7. The van der Waals surface area contributed by atoms with Gasteiger partial charge in [-0.25, -0.2) is 5.43 Å². The monoisotopic (exact) mass is 639 g/mol. The topological polar surface area (TPSA) is 59.5 Å². The van der Waals surface area contributed by atoms with Crippen LogP contribution < -0.4 is 5.43 Å². The van der Waals surface area contributed by atoms with Crippen LogP contribution in [-0.2, 0) is 0 Å². The zero-order valence-electron chi connectivity index (χ0n) is 16.0. The van der Waals surface area contributed by atoms with Crippen LogP contribution in [0.5, 0.6) is 0 Å². The summed E-state index contributed by atoms with van der Waals surface area (Å²) < 4.78 is 10.7. The number of nitrogens with zero attached hydrogens (tertiary/aromatic N) is 2. The van der Waals surface area contributed by atoms with E-state index in [0.29, 0.717) is 5.58 Å². The molecule has 5 nitrogen and oxygen atoms in total. The third-order valence-electron chi connectivity index (χ3n) is 4.67. The van der Waals surface area contributed by atoms with Gasteiger partial charge < -0.3 is 8.98 Å². The van der Waals surface area contributed by atoms with Crippen LogP contribution in [0.1, 0.15) is 27.5 Å². The zero-order chi connectivity index (χ0) is 21.4. The van der Waals surface area contributed by atoms with Crippen LogP contribution in [0.3, 0.4) is 0 Å². The summed E-state index contributed by atoms with van der Waals surface area (Å²) in [6, 6.07) is 15.8. The number of fused-ring (bicyclic) bond motifs is 1. The summed E-state index contributed by atoms with van der Waals surface area (Å²) in [5.74, 6) is -0.206. The molecule has 0 aliphatic carbocycles.